The Bertz CT molecular complexity index is 1450. The molecular weight excluding hydrogens is 548 g/mol. The summed E-state index contributed by atoms with van der Waals surface area (Å²) >= 11 is 0.730. The van der Waals surface area contributed by atoms with Crippen LogP contribution in [0.15, 0.2) is 68.6 Å². The van der Waals surface area contributed by atoms with Crippen molar-refractivity contribution in [2.24, 2.45) is 10.2 Å². The van der Waals surface area contributed by atoms with Crippen molar-refractivity contribution >= 4 is 60.2 Å². The second kappa shape index (κ2) is 12.4. The van der Waals surface area contributed by atoms with Crippen molar-refractivity contribution < 1.29 is 87.1 Å². The number of aromatic hydroxyl groups is 1. The SMILES string of the molecule is COOSNc1cccc2c(O)c(S(=O)(=O)N(C)C)cc(N=Nc3ccc(S(=O)(=O)[O-])cc3)c12.[K+]. The zero-order chi connectivity index (χ0) is 25.1. The number of hydrogen-bond acceptors (Lipinski definition) is 12. The Morgan fingerprint density at radius 1 is 1.06 bits per heavy atom. The van der Waals surface area contributed by atoms with Crippen LogP contribution < -0.4 is 56.1 Å². The van der Waals surface area contributed by atoms with Gasteiger partial charge in [-0.05, 0) is 36.4 Å². The van der Waals surface area contributed by atoms with Gasteiger partial charge >= 0.3 is 51.4 Å². The third-order valence-corrected chi connectivity index (χ3v) is 7.67. The molecule has 182 valence electrons. The van der Waals surface area contributed by atoms with Crippen LogP contribution in [0.2, 0.25) is 0 Å². The van der Waals surface area contributed by atoms with Gasteiger partial charge in [0, 0.05) is 24.9 Å². The van der Waals surface area contributed by atoms with Gasteiger partial charge in [-0.1, -0.05) is 12.1 Å². The predicted octanol–water partition coefficient (Wildman–Crippen LogP) is 0.672. The molecule has 3 aromatic rings. The molecule has 2 N–H and O–H groups in total. The molecule has 0 aliphatic heterocycles. The molecule has 0 aliphatic rings. The van der Waals surface area contributed by atoms with E-state index in [1.807, 2.05) is 0 Å². The summed E-state index contributed by atoms with van der Waals surface area (Å²) in [4.78, 5) is 3.71. The second-order valence-corrected chi connectivity index (χ2v) is 10.8. The van der Waals surface area contributed by atoms with Gasteiger partial charge in [-0.3, -0.25) is 0 Å². The van der Waals surface area contributed by atoms with Crippen LogP contribution in [0.3, 0.4) is 0 Å². The molecule has 0 bridgehead atoms. The number of nitrogens with zero attached hydrogens (tertiary/aromatic N) is 3. The fourth-order valence-corrected chi connectivity index (χ4v) is 4.71. The minimum Gasteiger partial charge on any atom is -0.744 e. The summed E-state index contributed by atoms with van der Waals surface area (Å²) in [6.45, 7) is 0. The monoisotopic (exact) mass is 566 g/mol. The quantitative estimate of drug-likeness (QED) is 0.0548. The van der Waals surface area contributed by atoms with Crippen LogP contribution in [-0.4, -0.2) is 52.0 Å². The van der Waals surface area contributed by atoms with Crippen LogP contribution in [0.25, 0.3) is 10.8 Å². The normalized spacial score (nSPS) is 12.3. The molecule has 3 rings (SSSR count). The summed E-state index contributed by atoms with van der Waals surface area (Å²) in [6.07, 6.45) is 0. The van der Waals surface area contributed by atoms with Crippen molar-refractivity contribution in [3.63, 3.8) is 0 Å². The maximum Gasteiger partial charge on any atom is 1.00 e. The molecule has 35 heavy (non-hydrogen) atoms. The number of nitrogens with one attached hydrogen (secondary N) is 1. The maximum absolute atomic E-state index is 12.8. The first-order valence-electron chi connectivity index (χ1n) is 9.28. The second-order valence-electron chi connectivity index (χ2n) is 6.83. The Hall–Kier alpha value is -1.15. The van der Waals surface area contributed by atoms with Crippen LogP contribution in [0, 0.1) is 0 Å². The molecule has 0 saturated heterocycles. The third kappa shape index (κ3) is 6.99. The molecule has 0 aliphatic carbocycles. The minimum absolute atomic E-state index is 0. The average Bonchev–Trinajstić information content (AvgIpc) is 2.78. The van der Waals surface area contributed by atoms with E-state index in [9.17, 15) is 26.5 Å². The van der Waals surface area contributed by atoms with E-state index < -0.39 is 30.8 Å². The maximum atomic E-state index is 12.8. The summed E-state index contributed by atoms with van der Waals surface area (Å²) < 4.78 is 67.5. The molecule has 16 heteroatoms. The van der Waals surface area contributed by atoms with Crippen LogP contribution in [0.1, 0.15) is 0 Å². The Balaban J connectivity index is 0.00000432. The zero-order valence-corrected chi connectivity index (χ0v) is 24.6. The predicted molar refractivity (Wildman–Crippen MR) is 124 cm³/mol. The molecule has 0 atom stereocenters. The standard InChI is InChI=1S/C19H20N4O8S3.K/c1-23(2)33(25,26)17-11-16(21-20-12-7-9-13(10-8-12)34(27,28)29)18-14(19(17)24)5-4-6-15(18)22-32-31-30-3;/h4-11,22,24H,1-3H3,(H,27,28,29);/q;+1/p-1. The number of anilines is 1. The van der Waals surface area contributed by atoms with Crippen LogP contribution in [-0.2, 0) is 29.4 Å². The smallest absolute Gasteiger partial charge is 0.744 e. The molecular formula is C19H19KN4O8S3. The number of phenolic OH excluding ortho intramolecular Hbond substituents is 1. The van der Waals surface area contributed by atoms with E-state index in [4.69, 9.17) is 4.33 Å². The largest absolute Gasteiger partial charge is 1.00 e. The summed E-state index contributed by atoms with van der Waals surface area (Å²) in [7, 11) is -4.72. The first kappa shape index (κ1) is 30.1. The van der Waals surface area contributed by atoms with E-state index >= 15 is 0 Å². The topological polar surface area (TPSA) is 170 Å². The summed E-state index contributed by atoms with van der Waals surface area (Å²) in [5, 5.41) is 19.5. The molecule has 0 fully saturated rings. The number of sulfonamides is 1. The summed E-state index contributed by atoms with van der Waals surface area (Å²) in [5.41, 5.74) is 0.688. The number of phenols is 1. The average molecular weight is 567 g/mol. The van der Waals surface area contributed by atoms with Crippen LogP contribution >= 0.6 is 12.2 Å². The third-order valence-electron chi connectivity index (χ3n) is 4.49. The first-order chi connectivity index (χ1) is 16.0. The fourth-order valence-electron chi connectivity index (χ4n) is 2.87. The van der Waals surface area contributed by atoms with Crippen molar-refractivity contribution in [2.75, 3.05) is 25.9 Å². The van der Waals surface area contributed by atoms with Crippen LogP contribution in [0.4, 0.5) is 17.1 Å². The van der Waals surface area contributed by atoms with Crippen molar-refractivity contribution in [1.29, 1.82) is 0 Å². The van der Waals surface area contributed by atoms with Crippen molar-refractivity contribution in [1.82, 2.24) is 4.31 Å². The molecule has 3 aromatic carbocycles. The van der Waals surface area contributed by atoms with Crippen molar-refractivity contribution in [3.05, 3.63) is 48.5 Å². The van der Waals surface area contributed by atoms with Crippen molar-refractivity contribution in [2.45, 2.75) is 9.79 Å². The van der Waals surface area contributed by atoms with E-state index in [0.717, 1.165) is 28.7 Å². The Labute approximate surface area is 249 Å². The number of azo groups is 1. The van der Waals surface area contributed by atoms with Gasteiger partial charge in [-0.25, -0.2) is 26.0 Å². The van der Waals surface area contributed by atoms with Gasteiger partial charge in [-0.15, -0.1) is 9.45 Å². The molecule has 12 nitrogen and oxygen atoms in total. The number of benzene rings is 3. The van der Waals surface area contributed by atoms with E-state index in [0.29, 0.717) is 11.1 Å². The molecule has 0 saturated carbocycles. The molecule has 0 heterocycles. The van der Waals surface area contributed by atoms with Gasteiger partial charge in [0.05, 0.1) is 29.1 Å². The summed E-state index contributed by atoms with van der Waals surface area (Å²) in [6, 6.07) is 10.6. The zero-order valence-electron chi connectivity index (χ0n) is 19.0. The minimum atomic E-state index is -4.62. The van der Waals surface area contributed by atoms with Crippen LogP contribution in [0.5, 0.6) is 5.75 Å². The van der Waals surface area contributed by atoms with Gasteiger partial charge in [0.2, 0.25) is 10.0 Å². The molecule has 0 unspecified atom stereocenters. The van der Waals surface area contributed by atoms with E-state index in [-0.39, 0.29) is 73.0 Å². The number of fused-ring (bicyclic) bond motifs is 1. The Kier molecular flexibility index (Phi) is 10.6. The Morgan fingerprint density at radius 2 is 1.71 bits per heavy atom. The van der Waals surface area contributed by atoms with Gasteiger partial charge in [0.25, 0.3) is 0 Å². The first-order valence-corrected chi connectivity index (χ1v) is 12.9. The number of rotatable bonds is 9. The van der Waals surface area contributed by atoms with E-state index in [1.54, 1.807) is 12.1 Å². The van der Waals surface area contributed by atoms with E-state index in [1.165, 1.54) is 45.5 Å². The fraction of sp³-hybridized carbons (Fsp3) is 0.158. The Morgan fingerprint density at radius 3 is 2.29 bits per heavy atom. The van der Waals surface area contributed by atoms with Gasteiger partial charge in [0.1, 0.15) is 33.0 Å². The summed E-state index contributed by atoms with van der Waals surface area (Å²) in [5.74, 6) is -0.478. The number of hydrogen-bond donors (Lipinski definition) is 2. The molecule has 0 amide bonds. The van der Waals surface area contributed by atoms with Gasteiger partial charge < -0.3 is 14.4 Å². The van der Waals surface area contributed by atoms with Gasteiger partial charge in [0.15, 0.2) is 0 Å². The van der Waals surface area contributed by atoms with Crippen molar-refractivity contribution in [3.8, 4) is 5.75 Å². The van der Waals surface area contributed by atoms with Gasteiger partial charge in [-0.2, -0.15) is 5.11 Å². The molecule has 0 radical (unpaired) electrons. The molecule has 0 aromatic heterocycles. The molecule has 0 spiro atoms. The van der Waals surface area contributed by atoms with E-state index in [2.05, 4.69) is 19.8 Å².